The van der Waals surface area contributed by atoms with E-state index < -0.39 is 21.8 Å². The molecule has 0 saturated carbocycles. The molecule has 10 heteroatoms. The Kier molecular flexibility index (Phi) is 5.07. The van der Waals surface area contributed by atoms with E-state index in [2.05, 4.69) is 20.6 Å². The third-order valence-corrected chi connectivity index (χ3v) is 5.95. The van der Waals surface area contributed by atoms with E-state index in [1.165, 1.54) is 18.2 Å². The second kappa shape index (κ2) is 7.73. The van der Waals surface area contributed by atoms with Gasteiger partial charge in [0.2, 0.25) is 0 Å². The highest BCUT2D eigenvalue weighted by molar-refractivity contribution is 7.90. The van der Waals surface area contributed by atoms with Crippen molar-refractivity contribution >= 4 is 33.4 Å². The molecule has 0 atom stereocenters. The predicted octanol–water partition coefficient (Wildman–Crippen LogP) is 2.53. The van der Waals surface area contributed by atoms with Crippen LogP contribution in [0.5, 0.6) is 0 Å². The van der Waals surface area contributed by atoms with E-state index in [1.807, 2.05) is 0 Å². The zero-order chi connectivity index (χ0) is 22.2. The molecule has 4 rings (SSSR count). The van der Waals surface area contributed by atoms with Crippen LogP contribution in [0.2, 0.25) is 0 Å². The number of carbonyl (C=O) groups is 2. The molecule has 1 aliphatic rings. The van der Waals surface area contributed by atoms with Crippen molar-refractivity contribution in [3.63, 3.8) is 0 Å². The molecule has 2 amide bonds. The van der Waals surface area contributed by atoms with E-state index in [1.54, 1.807) is 50.2 Å². The van der Waals surface area contributed by atoms with Gasteiger partial charge in [-0.15, -0.1) is 4.40 Å². The molecule has 2 heterocycles. The fourth-order valence-corrected chi connectivity index (χ4v) is 4.32. The van der Waals surface area contributed by atoms with Crippen LogP contribution in [0.4, 0.5) is 5.69 Å². The Morgan fingerprint density at radius 3 is 2.29 bits per heavy atom. The normalized spacial score (nSPS) is 13.8. The minimum Gasteiger partial charge on any atom is -0.466 e. The maximum atomic E-state index is 12.3. The predicted molar refractivity (Wildman–Crippen MR) is 113 cm³/mol. The summed E-state index contributed by atoms with van der Waals surface area (Å²) in [5.74, 6) is 0.271. The summed E-state index contributed by atoms with van der Waals surface area (Å²) in [5, 5.41) is 2.96. The minimum atomic E-state index is -3.72. The van der Waals surface area contributed by atoms with Crippen molar-refractivity contribution in [2.24, 2.45) is 4.40 Å². The molecule has 0 spiro atoms. The van der Waals surface area contributed by atoms with Crippen LogP contribution in [-0.4, -0.2) is 26.1 Å². The second-order valence-electron chi connectivity index (χ2n) is 6.85. The molecule has 1 aliphatic heterocycles. The molecule has 0 bridgehead atoms. The molecule has 3 aromatic rings. The monoisotopic (exact) mass is 438 g/mol. The smallest absolute Gasteiger partial charge is 0.285 e. The van der Waals surface area contributed by atoms with Crippen molar-refractivity contribution in [3.05, 3.63) is 82.8 Å². The van der Waals surface area contributed by atoms with Crippen molar-refractivity contribution in [2.45, 2.75) is 18.7 Å². The summed E-state index contributed by atoms with van der Waals surface area (Å²) in [6, 6.07) is 14.4. The van der Waals surface area contributed by atoms with Gasteiger partial charge in [0.25, 0.3) is 21.8 Å². The zero-order valence-corrected chi connectivity index (χ0v) is 17.4. The SMILES string of the molecule is Cc1cc(C(=O)NNC(=O)c2ccc(NC3=NS(=O)(=O)c4ccccc43)cc2)c(C)o1. The molecule has 0 saturated heterocycles. The quantitative estimate of drug-likeness (QED) is 0.539. The van der Waals surface area contributed by atoms with Gasteiger partial charge in [-0.1, -0.05) is 12.1 Å². The number of nitrogens with zero attached hydrogens (tertiary/aromatic N) is 1. The van der Waals surface area contributed by atoms with E-state index in [0.717, 1.165) is 0 Å². The number of aryl methyl sites for hydroxylation is 2. The number of furan rings is 1. The average molecular weight is 438 g/mol. The molecular weight excluding hydrogens is 420 g/mol. The van der Waals surface area contributed by atoms with E-state index >= 15 is 0 Å². The third kappa shape index (κ3) is 4.05. The summed E-state index contributed by atoms with van der Waals surface area (Å²) in [5.41, 5.74) is 6.36. The summed E-state index contributed by atoms with van der Waals surface area (Å²) >= 11 is 0. The number of carbonyl (C=O) groups excluding carboxylic acids is 2. The Morgan fingerprint density at radius 1 is 0.935 bits per heavy atom. The number of hydrogen-bond donors (Lipinski definition) is 3. The van der Waals surface area contributed by atoms with Gasteiger partial charge in [0, 0.05) is 16.8 Å². The molecule has 0 aliphatic carbocycles. The van der Waals surface area contributed by atoms with Crippen LogP contribution in [0.1, 0.15) is 37.8 Å². The Bertz CT molecular complexity index is 1320. The molecule has 158 valence electrons. The van der Waals surface area contributed by atoms with Crippen LogP contribution >= 0.6 is 0 Å². The van der Waals surface area contributed by atoms with Gasteiger partial charge in [-0.25, -0.2) is 0 Å². The Morgan fingerprint density at radius 2 is 1.61 bits per heavy atom. The Balaban J connectivity index is 1.41. The molecule has 0 unspecified atom stereocenters. The number of amidine groups is 1. The molecule has 31 heavy (non-hydrogen) atoms. The standard InChI is InChI=1S/C21H18N4O5S/c1-12-11-17(13(2)30-12)21(27)24-23-20(26)14-7-9-15(10-8-14)22-19-16-5-3-4-6-18(16)31(28,29)25-19/h3-11H,1-2H3,(H,22,25)(H,23,26)(H,24,27). The maximum absolute atomic E-state index is 12.3. The van der Waals surface area contributed by atoms with Crippen molar-refractivity contribution in [1.29, 1.82) is 0 Å². The number of hydrazine groups is 1. The van der Waals surface area contributed by atoms with Crippen LogP contribution in [0.25, 0.3) is 0 Å². The summed E-state index contributed by atoms with van der Waals surface area (Å²) in [6.45, 7) is 3.39. The highest BCUT2D eigenvalue weighted by atomic mass is 32.2. The highest BCUT2D eigenvalue weighted by Gasteiger charge is 2.28. The number of nitrogens with one attached hydrogen (secondary N) is 3. The lowest BCUT2D eigenvalue weighted by atomic mass is 10.1. The number of benzene rings is 2. The maximum Gasteiger partial charge on any atom is 0.285 e. The molecular formula is C21H18N4O5S. The van der Waals surface area contributed by atoms with Gasteiger partial charge in [-0.05, 0) is 56.3 Å². The fraction of sp³-hybridized carbons (Fsp3) is 0.0952. The first-order valence-corrected chi connectivity index (χ1v) is 10.7. The van der Waals surface area contributed by atoms with Crippen molar-refractivity contribution in [2.75, 3.05) is 5.32 Å². The number of hydrogen-bond acceptors (Lipinski definition) is 6. The van der Waals surface area contributed by atoms with E-state index in [-0.39, 0.29) is 10.7 Å². The van der Waals surface area contributed by atoms with Gasteiger partial charge in [0.05, 0.1) is 5.56 Å². The summed E-state index contributed by atoms with van der Waals surface area (Å²) in [7, 11) is -3.72. The molecule has 2 aromatic carbocycles. The van der Waals surface area contributed by atoms with Gasteiger partial charge in [0.1, 0.15) is 16.4 Å². The van der Waals surface area contributed by atoms with Crippen molar-refractivity contribution in [1.82, 2.24) is 10.9 Å². The number of sulfonamides is 1. The number of amides is 2. The highest BCUT2D eigenvalue weighted by Crippen LogP contribution is 2.26. The number of anilines is 1. The van der Waals surface area contributed by atoms with E-state index in [0.29, 0.717) is 33.9 Å². The van der Waals surface area contributed by atoms with Crippen LogP contribution in [0, 0.1) is 13.8 Å². The number of fused-ring (bicyclic) bond motifs is 1. The van der Waals surface area contributed by atoms with Gasteiger partial charge in [-0.2, -0.15) is 8.42 Å². The van der Waals surface area contributed by atoms with Gasteiger partial charge >= 0.3 is 0 Å². The van der Waals surface area contributed by atoms with Crippen molar-refractivity contribution < 1.29 is 22.4 Å². The lowest BCUT2D eigenvalue weighted by molar-refractivity contribution is 0.0845. The first-order chi connectivity index (χ1) is 14.7. The van der Waals surface area contributed by atoms with Crippen LogP contribution < -0.4 is 16.2 Å². The fourth-order valence-electron chi connectivity index (χ4n) is 3.15. The van der Waals surface area contributed by atoms with E-state index in [4.69, 9.17) is 4.42 Å². The van der Waals surface area contributed by atoms with Crippen LogP contribution in [0.3, 0.4) is 0 Å². The summed E-state index contributed by atoms with van der Waals surface area (Å²) in [6.07, 6.45) is 0. The molecule has 0 radical (unpaired) electrons. The largest absolute Gasteiger partial charge is 0.466 e. The lowest BCUT2D eigenvalue weighted by Crippen LogP contribution is -2.41. The Hall–Kier alpha value is -3.92. The van der Waals surface area contributed by atoms with Crippen LogP contribution in [-0.2, 0) is 10.0 Å². The van der Waals surface area contributed by atoms with Crippen molar-refractivity contribution in [3.8, 4) is 0 Å². The van der Waals surface area contributed by atoms with Gasteiger partial charge in [0.15, 0.2) is 5.84 Å². The first kappa shape index (κ1) is 20.4. The summed E-state index contributed by atoms with van der Waals surface area (Å²) < 4.78 is 33.3. The zero-order valence-electron chi connectivity index (χ0n) is 16.6. The Labute approximate surface area is 178 Å². The molecule has 9 nitrogen and oxygen atoms in total. The number of rotatable bonds is 3. The average Bonchev–Trinajstić information content (AvgIpc) is 3.22. The molecule has 3 N–H and O–H groups in total. The minimum absolute atomic E-state index is 0.146. The molecule has 1 aromatic heterocycles. The molecule has 0 fully saturated rings. The van der Waals surface area contributed by atoms with Gasteiger partial charge < -0.3 is 9.73 Å². The summed E-state index contributed by atoms with van der Waals surface area (Å²) in [4.78, 5) is 24.6. The van der Waals surface area contributed by atoms with E-state index in [9.17, 15) is 18.0 Å². The van der Waals surface area contributed by atoms with Gasteiger partial charge in [-0.3, -0.25) is 20.4 Å². The topological polar surface area (TPSA) is 130 Å². The lowest BCUT2D eigenvalue weighted by Gasteiger charge is -2.09. The first-order valence-electron chi connectivity index (χ1n) is 9.24. The van der Waals surface area contributed by atoms with Crippen LogP contribution in [0.15, 0.2) is 68.3 Å². The third-order valence-electron chi connectivity index (χ3n) is 4.62. The second-order valence-corrected chi connectivity index (χ2v) is 8.42.